The maximum Gasteiger partial charge on any atom is 0.143 e. The van der Waals surface area contributed by atoms with E-state index in [9.17, 15) is 0 Å². The van der Waals surface area contributed by atoms with Crippen LogP contribution in [0.25, 0.3) is 0 Å². The molecular weight excluding hydrogens is 138 g/mol. The van der Waals surface area contributed by atoms with Crippen molar-refractivity contribution in [2.24, 2.45) is 16.7 Å². The Morgan fingerprint density at radius 2 is 1.73 bits per heavy atom. The Morgan fingerprint density at radius 3 is 2.09 bits per heavy atom. The van der Waals surface area contributed by atoms with E-state index in [1.54, 1.807) is 6.08 Å². The zero-order valence-electron chi connectivity index (χ0n) is 7.26. The van der Waals surface area contributed by atoms with Crippen molar-refractivity contribution in [2.75, 3.05) is 0 Å². The zero-order chi connectivity index (χ0) is 8.85. The standard InChI is InChI=1S/C8H15N3/c1-6(2)4-7(3)5-8(9)11-10/h4-5H,10H2,1-3H3,(H2,9,11)/b7-5-. The molecule has 0 aliphatic heterocycles. The molecule has 0 rings (SSSR count). The summed E-state index contributed by atoms with van der Waals surface area (Å²) >= 11 is 0. The number of rotatable bonds is 2. The first kappa shape index (κ1) is 9.75. The second-order valence-electron chi connectivity index (χ2n) is 2.66. The molecule has 62 valence electrons. The molecule has 0 saturated heterocycles. The minimum absolute atomic E-state index is 0.347. The van der Waals surface area contributed by atoms with E-state index in [0.29, 0.717) is 5.84 Å². The van der Waals surface area contributed by atoms with E-state index in [0.717, 1.165) is 5.57 Å². The molecule has 0 aromatic rings. The average molecular weight is 153 g/mol. The highest BCUT2D eigenvalue weighted by molar-refractivity contribution is 5.92. The lowest BCUT2D eigenvalue weighted by atomic mass is 10.2. The Balaban J connectivity index is 4.36. The van der Waals surface area contributed by atoms with Crippen molar-refractivity contribution in [3.05, 3.63) is 23.3 Å². The quantitative estimate of drug-likeness (QED) is 0.205. The van der Waals surface area contributed by atoms with Crippen LogP contribution < -0.4 is 11.6 Å². The minimum Gasteiger partial charge on any atom is -0.382 e. The van der Waals surface area contributed by atoms with Crippen LogP contribution in [0.1, 0.15) is 20.8 Å². The summed E-state index contributed by atoms with van der Waals surface area (Å²) in [5.74, 6) is 5.30. The lowest BCUT2D eigenvalue weighted by Crippen LogP contribution is -2.10. The van der Waals surface area contributed by atoms with Crippen LogP contribution in [0.15, 0.2) is 28.4 Å². The van der Waals surface area contributed by atoms with Gasteiger partial charge in [-0.3, -0.25) is 0 Å². The van der Waals surface area contributed by atoms with E-state index in [-0.39, 0.29) is 0 Å². The lowest BCUT2D eigenvalue weighted by Gasteiger charge is -1.93. The predicted molar refractivity (Wildman–Crippen MR) is 49.0 cm³/mol. The molecule has 0 bridgehead atoms. The number of hydrogen-bond acceptors (Lipinski definition) is 2. The van der Waals surface area contributed by atoms with Crippen molar-refractivity contribution in [2.45, 2.75) is 20.8 Å². The van der Waals surface area contributed by atoms with Gasteiger partial charge in [0.2, 0.25) is 0 Å². The second kappa shape index (κ2) is 4.55. The van der Waals surface area contributed by atoms with Crippen LogP contribution in [0, 0.1) is 0 Å². The van der Waals surface area contributed by atoms with Crippen molar-refractivity contribution in [3.63, 3.8) is 0 Å². The predicted octanol–water partition coefficient (Wildman–Crippen LogP) is 1.13. The fourth-order valence-electron chi connectivity index (χ4n) is 0.768. The van der Waals surface area contributed by atoms with Crippen LogP contribution in [0.2, 0.25) is 0 Å². The molecule has 0 unspecified atom stereocenters. The highest BCUT2D eigenvalue weighted by atomic mass is 15.1. The second-order valence-corrected chi connectivity index (χ2v) is 2.66. The number of hydrogen-bond donors (Lipinski definition) is 2. The first-order valence-corrected chi connectivity index (χ1v) is 3.43. The van der Waals surface area contributed by atoms with Gasteiger partial charge in [-0.05, 0) is 32.4 Å². The number of nitrogens with two attached hydrogens (primary N) is 2. The minimum atomic E-state index is 0.347. The molecule has 0 heterocycles. The Morgan fingerprint density at radius 1 is 1.18 bits per heavy atom. The summed E-state index contributed by atoms with van der Waals surface area (Å²) in [5, 5.41) is 3.32. The van der Waals surface area contributed by atoms with Crippen LogP contribution >= 0.6 is 0 Å². The Bertz CT molecular complexity index is 207. The van der Waals surface area contributed by atoms with E-state index < -0.39 is 0 Å². The Labute approximate surface area is 67.5 Å². The highest BCUT2D eigenvalue weighted by Gasteiger charge is 1.86. The van der Waals surface area contributed by atoms with Crippen LogP contribution in [-0.4, -0.2) is 5.84 Å². The third-order valence-corrected chi connectivity index (χ3v) is 1.04. The third kappa shape index (κ3) is 5.21. The van der Waals surface area contributed by atoms with Gasteiger partial charge in [0.1, 0.15) is 5.84 Å². The zero-order valence-corrected chi connectivity index (χ0v) is 7.26. The summed E-state index contributed by atoms with van der Waals surface area (Å²) in [7, 11) is 0. The molecule has 4 N–H and O–H groups in total. The summed E-state index contributed by atoms with van der Waals surface area (Å²) in [5.41, 5.74) is 7.65. The van der Waals surface area contributed by atoms with Crippen molar-refractivity contribution in [1.82, 2.24) is 0 Å². The number of hydrazone groups is 1. The largest absolute Gasteiger partial charge is 0.382 e. The molecular formula is C8H15N3. The normalized spacial score (nSPS) is 13.0. The van der Waals surface area contributed by atoms with Gasteiger partial charge in [-0.15, -0.1) is 0 Å². The molecule has 0 radical (unpaired) electrons. The molecule has 0 aromatic heterocycles. The average Bonchev–Trinajstić information content (AvgIpc) is 1.85. The van der Waals surface area contributed by atoms with Crippen LogP contribution in [0.4, 0.5) is 0 Å². The lowest BCUT2D eigenvalue weighted by molar-refractivity contribution is 1.23. The Kier molecular flexibility index (Phi) is 4.03. The monoisotopic (exact) mass is 153 g/mol. The van der Waals surface area contributed by atoms with Gasteiger partial charge in [-0.2, -0.15) is 5.10 Å². The van der Waals surface area contributed by atoms with Gasteiger partial charge in [-0.25, -0.2) is 0 Å². The van der Waals surface area contributed by atoms with E-state index in [1.165, 1.54) is 5.57 Å². The van der Waals surface area contributed by atoms with Gasteiger partial charge in [0, 0.05) is 0 Å². The fourth-order valence-corrected chi connectivity index (χ4v) is 0.768. The summed E-state index contributed by atoms with van der Waals surface area (Å²) in [6.45, 7) is 5.99. The molecule has 0 amide bonds. The SMILES string of the molecule is CC(C)=C/C(C)=C\C(N)=N\N. The van der Waals surface area contributed by atoms with E-state index in [1.807, 2.05) is 26.8 Å². The number of nitrogens with zero attached hydrogens (tertiary/aromatic N) is 1. The number of allylic oxidation sites excluding steroid dienone is 3. The molecule has 0 aliphatic rings. The molecule has 3 heteroatoms. The maximum absolute atomic E-state index is 5.37. The van der Waals surface area contributed by atoms with Crippen LogP contribution in [0.5, 0.6) is 0 Å². The maximum atomic E-state index is 5.37. The van der Waals surface area contributed by atoms with Crippen LogP contribution in [0.3, 0.4) is 0 Å². The topological polar surface area (TPSA) is 64.4 Å². The van der Waals surface area contributed by atoms with Gasteiger partial charge in [0.25, 0.3) is 0 Å². The first-order valence-electron chi connectivity index (χ1n) is 3.43. The van der Waals surface area contributed by atoms with Crippen LogP contribution in [-0.2, 0) is 0 Å². The fraction of sp³-hybridized carbons (Fsp3) is 0.375. The molecule has 11 heavy (non-hydrogen) atoms. The molecule has 0 fully saturated rings. The van der Waals surface area contributed by atoms with Gasteiger partial charge in [0.05, 0.1) is 0 Å². The van der Waals surface area contributed by atoms with Gasteiger partial charge in [0.15, 0.2) is 0 Å². The van der Waals surface area contributed by atoms with Crippen molar-refractivity contribution in [1.29, 1.82) is 0 Å². The molecule has 0 spiro atoms. The van der Waals surface area contributed by atoms with Crippen molar-refractivity contribution >= 4 is 5.84 Å². The molecule has 0 aromatic carbocycles. The van der Waals surface area contributed by atoms with Crippen molar-refractivity contribution < 1.29 is 0 Å². The first-order chi connectivity index (χ1) is 5.06. The van der Waals surface area contributed by atoms with E-state index in [2.05, 4.69) is 5.10 Å². The Hall–Kier alpha value is -1.25. The number of amidine groups is 1. The van der Waals surface area contributed by atoms with Gasteiger partial charge < -0.3 is 11.6 Å². The summed E-state index contributed by atoms with van der Waals surface area (Å²) in [6.07, 6.45) is 3.74. The third-order valence-electron chi connectivity index (χ3n) is 1.04. The molecule has 0 aliphatic carbocycles. The van der Waals surface area contributed by atoms with E-state index in [4.69, 9.17) is 11.6 Å². The summed E-state index contributed by atoms with van der Waals surface area (Å²) < 4.78 is 0. The van der Waals surface area contributed by atoms with Gasteiger partial charge in [-0.1, -0.05) is 11.6 Å². The summed E-state index contributed by atoms with van der Waals surface area (Å²) in [4.78, 5) is 0. The molecule has 0 atom stereocenters. The highest BCUT2D eigenvalue weighted by Crippen LogP contribution is 1.99. The molecule has 0 saturated carbocycles. The summed E-state index contributed by atoms with van der Waals surface area (Å²) in [6, 6.07) is 0. The van der Waals surface area contributed by atoms with Crippen molar-refractivity contribution in [3.8, 4) is 0 Å². The smallest absolute Gasteiger partial charge is 0.143 e. The van der Waals surface area contributed by atoms with E-state index >= 15 is 0 Å². The molecule has 3 nitrogen and oxygen atoms in total. The van der Waals surface area contributed by atoms with Gasteiger partial charge >= 0.3 is 0 Å².